The zero-order valence-corrected chi connectivity index (χ0v) is 13.9. The van der Waals surface area contributed by atoms with Gasteiger partial charge in [0.1, 0.15) is 0 Å². The minimum absolute atomic E-state index is 0.0777. The number of aryl methyl sites for hydroxylation is 1. The van der Waals surface area contributed by atoms with Crippen molar-refractivity contribution in [1.29, 1.82) is 0 Å². The van der Waals surface area contributed by atoms with E-state index in [4.69, 9.17) is 4.42 Å². The Balaban J connectivity index is 1.86. The van der Waals surface area contributed by atoms with E-state index in [1.807, 2.05) is 45.0 Å². The number of H-pyrrole nitrogens is 1. The molecule has 0 saturated heterocycles. The molecule has 0 bridgehead atoms. The van der Waals surface area contributed by atoms with Gasteiger partial charge >= 0.3 is 5.76 Å². The predicted molar refractivity (Wildman–Crippen MR) is 94.2 cm³/mol. The van der Waals surface area contributed by atoms with Crippen molar-refractivity contribution in [3.05, 3.63) is 64.1 Å². The molecule has 1 heterocycles. The Morgan fingerprint density at radius 1 is 1.12 bits per heavy atom. The highest BCUT2D eigenvalue weighted by Gasteiger charge is 2.24. The van der Waals surface area contributed by atoms with Crippen LogP contribution in [0.15, 0.2) is 51.7 Å². The van der Waals surface area contributed by atoms with Crippen molar-refractivity contribution in [2.75, 3.05) is 5.32 Å². The monoisotopic (exact) mass is 324 g/mol. The normalized spacial score (nSPS) is 12.5. The number of oxazole rings is 1. The van der Waals surface area contributed by atoms with Gasteiger partial charge in [0.2, 0.25) is 5.91 Å². The molecule has 0 saturated carbocycles. The van der Waals surface area contributed by atoms with Crippen LogP contribution in [0.25, 0.3) is 11.1 Å². The Morgan fingerprint density at radius 3 is 2.50 bits per heavy atom. The number of hydrogen-bond donors (Lipinski definition) is 2. The van der Waals surface area contributed by atoms with E-state index in [0.717, 1.165) is 11.1 Å². The summed E-state index contributed by atoms with van der Waals surface area (Å²) in [6, 6.07) is 13.1. The predicted octanol–water partition coefficient (Wildman–Crippen LogP) is 3.81. The van der Waals surface area contributed by atoms with Gasteiger partial charge in [-0.2, -0.15) is 0 Å². The second-order valence-electron chi connectivity index (χ2n) is 6.35. The topological polar surface area (TPSA) is 75.1 Å². The maximum atomic E-state index is 12.8. The zero-order valence-electron chi connectivity index (χ0n) is 13.9. The number of carbonyl (C=O) groups excluding carboxylic acids is 1. The third-order valence-electron chi connectivity index (χ3n) is 4.07. The molecule has 0 spiro atoms. The fourth-order valence-corrected chi connectivity index (χ4v) is 2.86. The molecule has 124 valence electrons. The minimum Gasteiger partial charge on any atom is -0.408 e. The van der Waals surface area contributed by atoms with E-state index in [0.29, 0.717) is 16.8 Å². The van der Waals surface area contributed by atoms with Crippen LogP contribution in [-0.2, 0) is 4.79 Å². The molecular weight excluding hydrogens is 304 g/mol. The van der Waals surface area contributed by atoms with Gasteiger partial charge in [0.25, 0.3) is 0 Å². The van der Waals surface area contributed by atoms with Gasteiger partial charge in [0, 0.05) is 11.8 Å². The molecule has 1 aromatic heterocycles. The fourth-order valence-electron chi connectivity index (χ4n) is 2.86. The SMILES string of the molecule is Cc1ccc(C(C(=O)Nc2ccc3[nH]c(=O)oc3c2)C(C)C)cc1. The molecule has 3 aromatic rings. The van der Waals surface area contributed by atoms with Gasteiger partial charge in [0.15, 0.2) is 5.58 Å². The summed E-state index contributed by atoms with van der Waals surface area (Å²) in [6.45, 7) is 6.07. The van der Waals surface area contributed by atoms with Crippen molar-refractivity contribution in [1.82, 2.24) is 4.98 Å². The average molecular weight is 324 g/mol. The molecule has 2 aromatic carbocycles. The molecule has 2 N–H and O–H groups in total. The quantitative estimate of drug-likeness (QED) is 0.766. The molecule has 0 aliphatic carbocycles. The number of aromatic amines is 1. The number of rotatable bonds is 4. The lowest BCUT2D eigenvalue weighted by atomic mass is 9.87. The number of aromatic nitrogens is 1. The zero-order chi connectivity index (χ0) is 17.3. The first-order chi connectivity index (χ1) is 11.4. The summed E-state index contributed by atoms with van der Waals surface area (Å²) < 4.78 is 5.03. The van der Waals surface area contributed by atoms with Gasteiger partial charge in [-0.05, 0) is 30.5 Å². The number of carbonyl (C=O) groups is 1. The molecule has 0 aliphatic heterocycles. The first-order valence-corrected chi connectivity index (χ1v) is 7.94. The lowest BCUT2D eigenvalue weighted by Gasteiger charge is -2.21. The van der Waals surface area contributed by atoms with Crippen molar-refractivity contribution < 1.29 is 9.21 Å². The summed E-state index contributed by atoms with van der Waals surface area (Å²) in [5.74, 6) is -0.680. The van der Waals surface area contributed by atoms with Crippen LogP contribution in [0.3, 0.4) is 0 Å². The standard InChI is InChI=1S/C19H20N2O3/c1-11(2)17(13-6-4-12(3)5-7-13)18(22)20-14-8-9-15-16(10-14)24-19(23)21-15/h4-11,17H,1-3H3,(H,20,22)(H,21,23). The van der Waals surface area contributed by atoms with Crippen LogP contribution < -0.4 is 11.1 Å². The Morgan fingerprint density at radius 2 is 1.83 bits per heavy atom. The highest BCUT2D eigenvalue weighted by molar-refractivity contribution is 5.97. The maximum absolute atomic E-state index is 12.8. The van der Waals surface area contributed by atoms with E-state index in [9.17, 15) is 9.59 Å². The summed E-state index contributed by atoms with van der Waals surface area (Å²) in [5.41, 5.74) is 3.79. The van der Waals surface area contributed by atoms with E-state index in [1.165, 1.54) is 0 Å². The van der Waals surface area contributed by atoms with Gasteiger partial charge in [-0.25, -0.2) is 4.79 Å². The second kappa shape index (κ2) is 6.35. The molecule has 0 aliphatic rings. The Kier molecular flexibility index (Phi) is 4.25. The van der Waals surface area contributed by atoms with E-state index in [1.54, 1.807) is 18.2 Å². The lowest BCUT2D eigenvalue weighted by Crippen LogP contribution is -2.25. The smallest absolute Gasteiger partial charge is 0.408 e. The number of anilines is 1. The number of benzene rings is 2. The first-order valence-electron chi connectivity index (χ1n) is 7.94. The number of amides is 1. The largest absolute Gasteiger partial charge is 0.417 e. The van der Waals surface area contributed by atoms with Crippen molar-refractivity contribution in [2.24, 2.45) is 5.92 Å². The van der Waals surface area contributed by atoms with E-state index < -0.39 is 5.76 Å². The van der Waals surface area contributed by atoms with Crippen LogP contribution >= 0.6 is 0 Å². The van der Waals surface area contributed by atoms with Crippen molar-refractivity contribution in [3.63, 3.8) is 0 Å². The van der Waals surface area contributed by atoms with E-state index in [-0.39, 0.29) is 17.7 Å². The first kappa shape index (κ1) is 16.1. The molecule has 5 heteroatoms. The van der Waals surface area contributed by atoms with Crippen LogP contribution in [-0.4, -0.2) is 10.9 Å². The molecule has 1 unspecified atom stereocenters. The molecule has 24 heavy (non-hydrogen) atoms. The minimum atomic E-state index is -0.506. The van der Waals surface area contributed by atoms with Crippen LogP contribution in [0.5, 0.6) is 0 Å². The molecular formula is C19H20N2O3. The van der Waals surface area contributed by atoms with Gasteiger partial charge < -0.3 is 9.73 Å². The molecule has 5 nitrogen and oxygen atoms in total. The van der Waals surface area contributed by atoms with Crippen LogP contribution in [0.2, 0.25) is 0 Å². The molecule has 0 radical (unpaired) electrons. The van der Waals surface area contributed by atoms with Gasteiger partial charge in [-0.15, -0.1) is 0 Å². The fraction of sp³-hybridized carbons (Fsp3) is 0.263. The number of nitrogens with one attached hydrogen (secondary N) is 2. The summed E-state index contributed by atoms with van der Waals surface area (Å²) in [5, 5.41) is 2.92. The third kappa shape index (κ3) is 3.25. The Hall–Kier alpha value is -2.82. The average Bonchev–Trinajstić information content (AvgIpc) is 2.88. The van der Waals surface area contributed by atoms with Crippen molar-refractivity contribution in [3.8, 4) is 0 Å². The Bertz CT molecular complexity index is 920. The molecule has 3 rings (SSSR count). The number of fused-ring (bicyclic) bond motifs is 1. The summed E-state index contributed by atoms with van der Waals surface area (Å²) in [4.78, 5) is 26.6. The van der Waals surface area contributed by atoms with Crippen molar-refractivity contribution in [2.45, 2.75) is 26.7 Å². The Labute approximate surface area is 139 Å². The highest BCUT2D eigenvalue weighted by Crippen LogP contribution is 2.27. The summed E-state index contributed by atoms with van der Waals surface area (Å²) in [6.07, 6.45) is 0. The maximum Gasteiger partial charge on any atom is 0.417 e. The van der Waals surface area contributed by atoms with Gasteiger partial charge in [0.05, 0.1) is 11.4 Å². The van der Waals surface area contributed by atoms with E-state index in [2.05, 4.69) is 10.3 Å². The second-order valence-corrected chi connectivity index (χ2v) is 6.35. The molecule has 1 atom stereocenters. The third-order valence-corrected chi connectivity index (χ3v) is 4.07. The number of hydrogen-bond acceptors (Lipinski definition) is 3. The van der Waals surface area contributed by atoms with Gasteiger partial charge in [-0.1, -0.05) is 43.7 Å². The molecule has 0 fully saturated rings. The van der Waals surface area contributed by atoms with Crippen LogP contribution in [0.1, 0.15) is 30.9 Å². The van der Waals surface area contributed by atoms with Gasteiger partial charge in [-0.3, -0.25) is 9.78 Å². The summed E-state index contributed by atoms with van der Waals surface area (Å²) >= 11 is 0. The molecule has 1 amide bonds. The highest BCUT2D eigenvalue weighted by atomic mass is 16.4. The lowest BCUT2D eigenvalue weighted by molar-refractivity contribution is -0.118. The van der Waals surface area contributed by atoms with E-state index >= 15 is 0 Å². The van der Waals surface area contributed by atoms with Crippen molar-refractivity contribution >= 4 is 22.7 Å². The summed E-state index contributed by atoms with van der Waals surface area (Å²) in [7, 11) is 0. The van der Waals surface area contributed by atoms with Crippen LogP contribution in [0, 0.1) is 12.8 Å². The van der Waals surface area contributed by atoms with Crippen LogP contribution in [0.4, 0.5) is 5.69 Å².